The minimum Gasteiger partial charge on any atom is -0.336 e. The predicted octanol–water partition coefficient (Wildman–Crippen LogP) is 3.67. The zero-order chi connectivity index (χ0) is 11.5. The van der Waals surface area contributed by atoms with Gasteiger partial charge in [0.15, 0.2) is 5.82 Å². The number of hydrogen-bond acceptors (Lipinski definition) is 3. The van der Waals surface area contributed by atoms with Crippen LogP contribution < -0.4 is 5.32 Å². The Bertz CT molecular complexity index is 519. The smallest absolute Gasteiger partial charge is 0.150 e. The summed E-state index contributed by atoms with van der Waals surface area (Å²) in [6.07, 6.45) is 2.83. The van der Waals surface area contributed by atoms with E-state index in [4.69, 9.17) is 23.2 Å². The third-order valence-corrected chi connectivity index (χ3v) is 2.21. The molecule has 0 saturated carbocycles. The Morgan fingerprint density at radius 3 is 2.75 bits per heavy atom. The average Bonchev–Trinajstić information content (AvgIpc) is 2.24. The van der Waals surface area contributed by atoms with Crippen LogP contribution in [0.1, 0.15) is 0 Å². The molecule has 1 N–H and O–H groups in total. The molecular weight excluding hydrogens is 252 g/mol. The summed E-state index contributed by atoms with van der Waals surface area (Å²) in [5, 5.41) is 3.39. The summed E-state index contributed by atoms with van der Waals surface area (Å²) in [4.78, 5) is 7.74. The molecule has 6 heteroatoms. The molecule has 0 aliphatic heterocycles. The maximum Gasteiger partial charge on any atom is 0.150 e. The first-order valence-corrected chi connectivity index (χ1v) is 5.10. The first kappa shape index (κ1) is 11.1. The van der Waals surface area contributed by atoms with E-state index in [9.17, 15) is 4.39 Å². The molecule has 0 radical (unpaired) electrons. The van der Waals surface area contributed by atoms with Gasteiger partial charge in [0.1, 0.15) is 11.0 Å². The van der Waals surface area contributed by atoms with Gasteiger partial charge in [0, 0.05) is 5.02 Å². The van der Waals surface area contributed by atoms with Crippen molar-refractivity contribution in [1.29, 1.82) is 0 Å². The van der Waals surface area contributed by atoms with Crippen molar-refractivity contribution in [2.24, 2.45) is 0 Å². The molecule has 0 fully saturated rings. The van der Waals surface area contributed by atoms with Crippen molar-refractivity contribution in [1.82, 2.24) is 9.97 Å². The highest BCUT2D eigenvalue weighted by atomic mass is 35.5. The Balaban J connectivity index is 2.30. The van der Waals surface area contributed by atoms with E-state index < -0.39 is 5.82 Å². The lowest BCUT2D eigenvalue weighted by atomic mass is 10.3. The summed E-state index contributed by atoms with van der Waals surface area (Å²) >= 11 is 11.4. The van der Waals surface area contributed by atoms with Crippen LogP contribution in [-0.4, -0.2) is 9.97 Å². The molecule has 1 heterocycles. The molecule has 0 atom stereocenters. The van der Waals surface area contributed by atoms with Crippen LogP contribution in [0.4, 0.5) is 15.9 Å². The SMILES string of the molecule is Fc1ccc(Cl)cc1Nc1cncc(Cl)n1. The van der Waals surface area contributed by atoms with E-state index in [-0.39, 0.29) is 10.8 Å². The summed E-state index contributed by atoms with van der Waals surface area (Å²) in [5.41, 5.74) is 0.226. The molecule has 2 aromatic rings. The van der Waals surface area contributed by atoms with E-state index in [1.54, 1.807) is 0 Å². The number of nitrogens with zero attached hydrogens (tertiary/aromatic N) is 2. The number of anilines is 2. The highest BCUT2D eigenvalue weighted by Gasteiger charge is 2.04. The fourth-order valence-corrected chi connectivity index (χ4v) is 1.45. The van der Waals surface area contributed by atoms with Gasteiger partial charge in [0.05, 0.1) is 18.1 Å². The highest BCUT2D eigenvalue weighted by molar-refractivity contribution is 6.30. The molecular formula is C10H6Cl2FN3. The molecule has 1 aromatic carbocycles. The van der Waals surface area contributed by atoms with Gasteiger partial charge in [-0.05, 0) is 18.2 Å². The van der Waals surface area contributed by atoms with Gasteiger partial charge in [-0.15, -0.1) is 0 Å². The minimum atomic E-state index is -0.425. The van der Waals surface area contributed by atoms with Gasteiger partial charge >= 0.3 is 0 Å². The molecule has 0 aliphatic carbocycles. The summed E-state index contributed by atoms with van der Waals surface area (Å²) in [6.45, 7) is 0. The summed E-state index contributed by atoms with van der Waals surface area (Å²) in [7, 11) is 0. The van der Waals surface area contributed by atoms with Gasteiger partial charge in [0.25, 0.3) is 0 Å². The molecule has 0 saturated heterocycles. The number of aromatic nitrogens is 2. The lowest BCUT2D eigenvalue weighted by molar-refractivity contribution is 0.632. The van der Waals surface area contributed by atoms with Crippen molar-refractivity contribution in [2.45, 2.75) is 0 Å². The largest absolute Gasteiger partial charge is 0.336 e. The molecule has 0 bridgehead atoms. The van der Waals surface area contributed by atoms with Crippen LogP contribution in [0.5, 0.6) is 0 Å². The molecule has 0 amide bonds. The fourth-order valence-electron chi connectivity index (χ4n) is 1.13. The second kappa shape index (κ2) is 4.63. The van der Waals surface area contributed by atoms with Gasteiger partial charge in [-0.25, -0.2) is 9.37 Å². The van der Waals surface area contributed by atoms with E-state index in [1.807, 2.05) is 0 Å². The molecule has 2 rings (SSSR count). The van der Waals surface area contributed by atoms with Crippen molar-refractivity contribution in [3.8, 4) is 0 Å². The number of benzene rings is 1. The van der Waals surface area contributed by atoms with Crippen LogP contribution in [0.25, 0.3) is 0 Å². The van der Waals surface area contributed by atoms with Gasteiger partial charge in [-0.2, -0.15) is 0 Å². The van der Waals surface area contributed by atoms with E-state index >= 15 is 0 Å². The third kappa shape index (κ3) is 2.59. The van der Waals surface area contributed by atoms with E-state index in [0.29, 0.717) is 10.8 Å². The van der Waals surface area contributed by atoms with Crippen molar-refractivity contribution in [3.63, 3.8) is 0 Å². The maximum absolute atomic E-state index is 13.4. The average molecular weight is 258 g/mol. The Morgan fingerprint density at radius 1 is 1.19 bits per heavy atom. The maximum atomic E-state index is 13.4. The third-order valence-electron chi connectivity index (χ3n) is 1.80. The molecule has 3 nitrogen and oxygen atoms in total. The van der Waals surface area contributed by atoms with Crippen molar-refractivity contribution >= 4 is 34.7 Å². The number of halogens is 3. The predicted molar refractivity (Wildman–Crippen MR) is 61.7 cm³/mol. The van der Waals surface area contributed by atoms with Crippen LogP contribution >= 0.6 is 23.2 Å². The second-order valence-corrected chi connectivity index (χ2v) is 3.80. The zero-order valence-electron chi connectivity index (χ0n) is 7.92. The van der Waals surface area contributed by atoms with E-state index in [2.05, 4.69) is 15.3 Å². The Kier molecular flexibility index (Phi) is 3.22. The normalized spacial score (nSPS) is 10.2. The molecule has 0 aliphatic rings. The highest BCUT2D eigenvalue weighted by Crippen LogP contribution is 2.22. The summed E-state index contributed by atoms with van der Waals surface area (Å²) in [6, 6.07) is 4.19. The van der Waals surface area contributed by atoms with Gasteiger partial charge in [-0.1, -0.05) is 23.2 Å². The Labute approximate surface area is 101 Å². The topological polar surface area (TPSA) is 37.8 Å². The monoisotopic (exact) mass is 257 g/mol. The van der Waals surface area contributed by atoms with Gasteiger partial charge in [-0.3, -0.25) is 4.98 Å². The van der Waals surface area contributed by atoms with E-state index in [1.165, 1.54) is 30.6 Å². The van der Waals surface area contributed by atoms with Crippen LogP contribution in [0.15, 0.2) is 30.6 Å². The molecule has 82 valence electrons. The molecule has 0 unspecified atom stereocenters. The first-order chi connectivity index (χ1) is 7.65. The molecule has 16 heavy (non-hydrogen) atoms. The molecule has 0 spiro atoms. The standard InChI is InChI=1S/C10H6Cl2FN3/c11-6-1-2-7(13)8(3-6)15-10-5-14-4-9(12)16-10/h1-5H,(H,15,16). The van der Waals surface area contributed by atoms with Crippen LogP contribution in [0.3, 0.4) is 0 Å². The first-order valence-electron chi connectivity index (χ1n) is 4.35. The quantitative estimate of drug-likeness (QED) is 0.893. The van der Waals surface area contributed by atoms with Crippen molar-refractivity contribution in [2.75, 3.05) is 5.32 Å². The van der Waals surface area contributed by atoms with Gasteiger partial charge in [0.2, 0.25) is 0 Å². The van der Waals surface area contributed by atoms with Crippen LogP contribution in [0.2, 0.25) is 10.2 Å². The fraction of sp³-hybridized carbons (Fsp3) is 0. The minimum absolute atomic E-state index is 0.226. The summed E-state index contributed by atoms with van der Waals surface area (Å²) < 4.78 is 13.4. The lowest BCUT2D eigenvalue weighted by Crippen LogP contribution is -1.97. The van der Waals surface area contributed by atoms with Crippen molar-refractivity contribution < 1.29 is 4.39 Å². The van der Waals surface area contributed by atoms with Crippen molar-refractivity contribution in [3.05, 3.63) is 46.6 Å². The van der Waals surface area contributed by atoms with E-state index in [0.717, 1.165) is 0 Å². The zero-order valence-corrected chi connectivity index (χ0v) is 9.43. The Hall–Kier alpha value is -1.39. The summed E-state index contributed by atoms with van der Waals surface area (Å²) in [5.74, 6) is -0.0696. The Morgan fingerprint density at radius 2 is 2.00 bits per heavy atom. The number of nitrogens with one attached hydrogen (secondary N) is 1. The number of hydrogen-bond donors (Lipinski definition) is 1. The van der Waals surface area contributed by atoms with Gasteiger partial charge < -0.3 is 5.32 Å². The van der Waals surface area contributed by atoms with Crippen LogP contribution in [-0.2, 0) is 0 Å². The van der Waals surface area contributed by atoms with Crippen LogP contribution in [0, 0.1) is 5.82 Å². The second-order valence-electron chi connectivity index (χ2n) is 2.98. The lowest BCUT2D eigenvalue weighted by Gasteiger charge is -2.06. The number of rotatable bonds is 2. The molecule has 1 aromatic heterocycles.